The van der Waals surface area contributed by atoms with Gasteiger partial charge in [-0.3, -0.25) is 8.97 Å². The first kappa shape index (κ1) is 21.2. The fourth-order valence-corrected chi connectivity index (χ4v) is 5.19. The molecule has 1 aliphatic carbocycles. The highest BCUT2D eigenvalue weighted by Crippen LogP contribution is 2.36. The molecule has 1 atom stereocenters. The summed E-state index contributed by atoms with van der Waals surface area (Å²) in [6.07, 6.45) is 13.1. The van der Waals surface area contributed by atoms with E-state index in [0.717, 1.165) is 41.6 Å². The van der Waals surface area contributed by atoms with Gasteiger partial charge in [0.05, 0.1) is 23.5 Å². The van der Waals surface area contributed by atoms with Gasteiger partial charge in [0.2, 0.25) is 0 Å². The van der Waals surface area contributed by atoms with Crippen LogP contribution in [0.2, 0.25) is 25.7 Å². The maximum Gasteiger partial charge on any atom is 0.159 e. The summed E-state index contributed by atoms with van der Waals surface area (Å²) in [5.41, 5.74) is 7.64. The third kappa shape index (κ3) is 3.72. The van der Waals surface area contributed by atoms with Crippen LogP contribution >= 0.6 is 0 Å². The molecule has 0 fully saturated rings. The molecule has 5 rings (SSSR count). The van der Waals surface area contributed by atoms with Crippen molar-refractivity contribution >= 4 is 31.0 Å². The highest BCUT2D eigenvalue weighted by atomic mass is 28.3. The number of imidazole rings is 1. The van der Waals surface area contributed by atoms with Crippen molar-refractivity contribution in [3.63, 3.8) is 0 Å². The summed E-state index contributed by atoms with van der Waals surface area (Å²) in [6.45, 7) is 8.37. The van der Waals surface area contributed by atoms with Crippen molar-refractivity contribution in [3.8, 4) is 11.3 Å². The molecule has 1 unspecified atom stereocenters. The lowest BCUT2D eigenvalue weighted by atomic mass is 9.97. The maximum absolute atomic E-state index is 6.20. The number of aromatic nitrogens is 5. The molecule has 4 aromatic heterocycles. The van der Waals surface area contributed by atoms with Crippen LogP contribution < -0.4 is 0 Å². The minimum atomic E-state index is -1.15. The molecule has 32 heavy (non-hydrogen) atoms. The molecule has 0 saturated carbocycles. The van der Waals surface area contributed by atoms with Gasteiger partial charge < -0.3 is 14.0 Å². The van der Waals surface area contributed by atoms with Crippen molar-refractivity contribution in [3.05, 3.63) is 48.2 Å². The summed E-state index contributed by atoms with van der Waals surface area (Å²) in [7, 11) is 2.72. The second kappa shape index (κ2) is 8.02. The Morgan fingerprint density at radius 1 is 1.22 bits per heavy atom. The summed E-state index contributed by atoms with van der Waals surface area (Å²) in [6, 6.07) is 3.36. The Morgan fingerprint density at radius 2 is 2.06 bits per heavy atom. The molecule has 4 heterocycles. The van der Waals surface area contributed by atoms with Crippen molar-refractivity contribution in [2.24, 2.45) is 7.05 Å². The number of nitrogens with zero attached hydrogens (tertiary/aromatic N) is 5. The van der Waals surface area contributed by atoms with E-state index in [1.54, 1.807) is 7.11 Å². The molecular formula is C24H31N5O2Si. The Labute approximate surface area is 189 Å². The Balaban J connectivity index is 1.62. The van der Waals surface area contributed by atoms with Gasteiger partial charge in [-0.05, 0) is 23.7 Å². The minimum absolute atomic E-state index is 0.0907. The number of fused-ring (bicyclic) bond motifs is 4. The number of hydrogen-bond donors (Lipinski definition) is 0. The summed E-state index contributed by atoms with van der Waals surface area (Å²) >= 11 is 0. The van der Waals surface area contributed by atoms with Crippen LogP contribution in [0.3, 0.4) is 0 Å². The van der Waals surface area contributed by atoms with Crippen LogP contribution in [0.5, 0.6) is 0 Å². The Kier molecular flexibility index (Phi) is 5.31. The van der Waals surface area contributed by atoms with Crippen molar-refractivity contribution in [1.29, 1.82) is 0 Å². The lowest BCUT2D eigenvalue weighted by molar-refractivity contribution is 0.0909. The highest BCUT2D eigenvalue weighted by Gasteiger charge is 2.24. The Bertz CT molecular complexity index is 1310. The van der Waals surface area contributed by atoms with Gasteiger partial charge >= 0.3 is 0 Å². The average Bonchev–Trinajstić information content (AvgIpc) is 3.45. The molecule has 168 valence electrons. The predicted molar refractivity (Wildman–Crippen MR) is 131 cm³/mol. The summed E-state index contributed by atoms with van der Waals surface area (Å²) < 4.78 is 18.3. The lowest BCUT2D eigenvalue weighted by Crippen LogP contribution is -2.22. The van der Waals surface area contributed by atoms with Gasteiger partial charge in [-0.15, -0.1) is 0 Å². The molecule has 8 heteroatoms. The van der Waals surface area contributed by atoms with Crippen molar-refractivity contribution in [2.45, 2.75) is 44.9 Å². The zero-order chi connectivity index (χ0) is 22.5. The third-order valence-corrected chi connectivity index (χ3v) is 7.99. The van der Waals surface area contributed by atoms with E-state index >= 15 is 0 Å². The van der Waals surface area contributed by atoms with Crippen LogP contribution in [0.4, 0.5) is 0 Å². The first-order chi connectivity index (χ1) is 15.4. The number of aryl methyl sites for hydroxylation is 1. The van der Waals surface area contributed by atoms with E-state index in [9.17, 15) is 0 Å². The second-order valence-corrected chi connectivity index (χ2v) is 15.4. The maximum atomic E-state index is 6.20. The molecular weight excluding hydrogens is 418 g/mol. The molecule has 7 nitrogen and oxygen atoms in total. The van der Waals surface area contributed by atoms with E-state index in [4.69, 9.17) is 14.5 Å². The largest absolute Gasteiger partial charge is 0.377 e. The van der Waals surface area contributed by atoms with Crippen molar-refractivity contribution in [2.75, 3.05) is 13.7 Å². The molecule has 0 aliphatic heterocycles. The van der Waals surface area contributed by atoms with Gasteiger partial charge in [-0.25, -0.2) is 9.97 Å². The SMILES string of the molecule is COC1C=Cc2c(c(-c3cc4c(ncc5nccn54)n3COCC[Si](C)(C)C)cn2C)C1. The predicted octanol–water partition coefficient (Wildman–Crippen LogP) is 4.59. The van der Waals surface area contributed by atoms with E-state index in [2.05, 4.69) is 69.6 Å². The van der Waals surface area contributed by atoms with Gasteiger partial charge in [0, 0.05) is 65.1 Å². The van der Waals surface area contributed by atoms with Crippen LogP contribution in [0, 0.1) is 0 Å². The minimum Gasteiger partial charge on any atom is -0.377 e. The van der Waals surface area contributed by atoms with E-state index < -0.39 is 8.07 Å². The fraction of sp³-hybridized carbons (Fsp3) is 0.417. The molecule has 0 N–H and O–H groups in total. The smallest absolute Gasteiger partial charge is 0.159 e. The first-order valence-corrected chi connectivity index (χ1v) is 14.8. The third-order valence-electron chi connectivity index (χ3n) is 6.29. The molecule has 1 aliphatic rings. The van der Waals surface area contributed by atoms with Crippen molar-refractivity contribution < 1.29 is 9.47 Å². The normalized spacial score (nSPS) is 16.3. The van der Waals surface area contributed by atoms with E-state index in [1.807, 2.05) is 18.6 Å². The van der Waals surface area contributed by atoms with E-state index in [0.29, 0.717) is 6.73 Å². The molecule has 0 amide bonds. The molecule has 0 bridgehead atoms. The standard InChI is InChI=1S/C24H31N5O2Si/c1-27-15-19(18-12-17(30-2)6-7-20(18)27)21-13-22-24(26-14-23-25-8-9-28(22)23)29(21)16-31-10-11-32(3,4)5/h6-9,13-15,17H,10-12,16H2,1-5H3. The zero-order valence-electron chi connectivity index (χ0n) is 19.5. The average molecular weight is 450 g/mol. The number of ether oxygens (including phenoxy) is 2. The van der Waals surface area contributed by atoms with Crippen LogP contribution in [0.1, 0.15) is 11.3 Å². The fourth-order valence-electron chi connectivity index (χ4n) is 4.43. The van der Waals surface area contributed by atoms with Crippen LogP contribution in [-0.2, 0) is 29.7 Å². The summed E-state index contributed by atoms with van der Waals surface area (Å²) in [5.74, 6) is 0. The van der Waals surface area contributed by atoms with E-state index in [1.165, 1.54) is 16.8 Å². The van der Waals surface area contributed by atoms with Gasteiger partial charge in [-0.1, -0.05) is 25.7 Å². The number of rotatable bonds is 7. The topological polar surface area (TPSA) is 58.5 Å². The van der Waals surface area contributed by atoms with Crippen molar-refractivity contribution in [1.82, 2.24) is 23.5 Å². The lowest BCUT2D eigenvalue weighted by Gasteiger charge is -2.19. The van der Waals surface area contributed by atoms with Crippen LogP contribution in [0.15, 0.2) is 36.9 Å². The molecule has 0 radical (unpaired) electrons. The van der Waals surface area contributed by atoms with Gasteiger partial charge in [0.1, 0.15) is 6.73 Å². The van der Waals surface area contributed by atoms with Crippen LogP contribution in [0.25, 0.3) is 34.1 Å². The quantitative estimate of drug-likeness (QED) is 0.306. The second-order valence-electron chi connectivity index (χ2n) is 9.78. The monoisotopic (exact) mass is 449 g/mol. The Hall–Kier alpha value is -2.68. The van der Waals surface area contributed by atoms with Gasteiger partial charge in [0.15, 0.2) is 11.3 Å². The summed E-state index contributed by atoms with van der Waals surface area (Å²) in [4.78, 5) is 9.18. The van der Waals surface area contributed by atoms with Gasteiger partial charge in [0.25, 0.3) is 0 Å². The van der Waals surface area contributed by atoms with E-state index in [-0.39, 0.29) is 6.10 Å². The van der Waals surface area contributed by atoms with Crippen LogP contribution in [-0.4, -0.2) is 51.4 Å². The number of methoxy groups -OCH3 is 1. The molecule has 0 saturated heterocycles. The molecule has 4 aromatic rings. The molecule has 0 spiro atoms. The number of hydrogen-bond acceptors (Lipinski definition) is 4. The Morgan fingerprint density at radius 3 is 2.84 bits per heavy atom. The summed E-state index contributed by atoms with van der Waals surface area (Å²) in [5, 5.41) is 0. The highest BCUT2D eigenvalue weighted by molar-refractivity contribution is 6.76. The van der Waals surface area contributed by atoms with Gasteiger partial charge in [-0.2, -0.15) is 0 Å². The first-order valence-electron chi connectivity index (χ1n) is 11.1. The zero-order valence-corrected chi connectivity index (χ0v) is 20.5. The molecule has 0 aromatic carbocycles.